The number of carbonyl (C=O) groups is 1. The maximum absolute atomic E-state index is 12.4. The monoisotopic (exact) mass is 336 g/mol. The average Bonchev–Trinajstić information content (AvgIpc) is 2.55. The van der Waals surface area contributed by atoms with Crippen LogP contribution in [0.4, 0.5) is 0 Å². The van der Waals surface area contributed by atoms with Crippen molar-refractivity contribution in [1.82, 2.24) is 0 Å². The lowest BCUT2D eigenvalue weighted by Crippen LogP contribution is -2.11. The highest BCUT2D eigenvalue weighted by molar-refractivity contribution is 7.87. The molecule has 0 aromatic heterocycles. The molecular formula is C16H16O6S. The highest BCUT2D eigenvalue weighted by Crippen LogP contribution is 2.40. The van der Waals surface area contributed by atoms with E-state index in [0.29, 0.717) is 5.56 Å². The molecule has 23 heavy (non-hydrogen) atoms. The van der Waals surface area contributed by atoms with Crippen molar-refractivity contribution < 1.29 is 26.9 Å². The van der Waals surface area contributed by atoms with Crippen LogP contribution in [0.1, 0.15) is 17.3 Å². The van der Waals surface area contributed by atoms with Crippen LogP contribution in [0.25, 0.3) is 0 Å². The summed E-state index contributed by atoms with van der Waals surface area (Å²) in [6.07, 6.45) is 0. The van der Waals surface area contributed by atoms with Crippen molar-refractivity contribution in [3.8, 4) is 17.2 Å². The van der Waals surface area contributed by atoms with Crippen LogP contribution in [-0.4, -0.2) is 28.4 Å². The molecule has 0 N–H and O–H groups in total. The molecule has 0 spiro atoms. The van der Waals surface area contributed by atoms with Crippen LogP contribution >= 0.6 is 0 Å². The summed E-state index contributed by atoms with van der Waals surface area (Å²) in [6.45, 7) is 1.38. The van der Waals surface area contributed by atoms with Gasteiger partial charge in [-0.25, -0.2) is 0 Å². The van der Waals surface area contributed by atoms with E-state index in [1.54, 1.807) is 18.2 Å². The minimum absolute atomic E-state index is 0.000231. The van der Waals surface area contributed by atoms with Crippen molar-refractivity contribution in [1.29, 1.82) is 0 Å². The fourth-order valence-corrected chi connectivity index (χ4v) is 2.88. The minimum atomic E-state index is -4.06. The fraction of sp³-hybridized carbons (Fsp3) is 0.188. The van der Waals surface area contributed by atoms with Crippen LogP contribution in [0.15, 0.2) is 47.4 Å². The van der Waals surface area contributed by atoms with Gasteiger partial charge in [-0.2, -0.15) is 8.42 Å². The molecule has 7 heteroatoms. The van der Waals surface area contributed by atoms with Crippen molar-refractivity contribution in [3.63, 3.8) is 0 Å². The van der Waals surface area contributed by atoms with Gasteiger partial charge in [0.2, 0.25) is 5.75 Å². The van der Waals surface area contributed by atoms with E-state index >= 15 is 0 Å². The number of carbonyl (C=O) groups excluding carboxylic acids is 1. The molecule has 0 amide bonds. The standard InChI is InChI=1S/C16H16O6S/c1-11(17)12-9-14(20-2)16(15(10-12)21-3)22-23(18,19)13-7-5-4-6-8-13/h4-10H,1-3H3. The third-order valence-electron chi connectivity index (χ3n) is 3.09. The lowest BCUT2D eigenvalue weighted by molar-refractivity contribution is 0.101. The quantitative estimate of drug-likeness (QED) is 0.596. The summed E-state index contributed by atoms with van der Waals surface area (Å²) in [5.41, 5.74) is 0.322. The summed E-state index contributed by atoms with van der Waals surface area (Å²) in [5, 5.41) is 0. The van der Waals surface area contributed by atoms with Gasteiger partial charge in [-0.3, -0.25) is 4.79 Å². The van der Waals surface area contributed by atoms with Gasteiger partial charge in [0.1, 0.15) is 4.90 Å². The zero-order chi connectivity index (χ0) is 17.0. The molecule has 2 rings (SSSR count). The first-order valence-corrected chi connectivity index (χ1v) is 8.06. The first-order chi connectivity index (χ1) is 10.9. The Balaban J connectivity index is 2.53. The van der Waals surface area contributed by atoms with Crippen molar-refractivity contribution in [2.75, 3.05) is 14.2 Å². The fourth-order valence-electron chi connectivity index (χ4n) is 1.91. The molecule has 0 aliphatic heterocycles. The van der Waals surface area contributed by atoms with Crippen LogP contribution in [-0.2, 0) is 10.1 Å². The van der Waals surface area contributed by atoms with E-state index in [-0.39, 0.29) is 27.9 Å². The molecule has 0 radical (unpaired) electrons. The van der Waals surface area contributed by atoms with E-state index in [0.717, 1.165) is 0 Å². The predicted octanol–water partition coefficient (Wildman–Crippen LogP) is 2.67. The third-order valence-corrected chi connectivity index (χ3v) is 4.33. The Morgan fingerprint density at radius 1 is 0.957 bits per heavy atom. The van der Waals surface area contributed by atoms with Crippen molar-refractivity contribution in [2.45, 2.75) is 11.8 Å². The maximum Gasteiger partial charge on any atom is 0.339 e. The molecule has 0 aliphatic rings. The van der Waals surface area contributed by atoms with E-state index in [4.69, 9.17) is 13.7 Å². The van der Waals surface area contributed by atoms with Crippen molar-refractivity contribution in [3.05, 3.63) is 48.0 Å². The van der Waals surface area contributed by atoms with Crippen LogP contribution in [0.2, 0.25) is 0 Å². The number of ketones is 1. The summed E-state index contributed by atoms with van der Waals surface area (Å²) < 4.78 is 40.2. The van der Waals surface area contributed by atoms with Gasteiger partial charge in [-0.05, 0) is 31.2 Å². The molecule has 0 saturated heterocycles. The molecule has 6 nitrogen and oxygen atoms in total. The highest BCUT2D eigenvalue weighted by Gasteiger charge is 2.23. The van der Waals surface area contributed by atoms with E-state index in [1.807, 2.05) is 0 Å². The topological polar surface area (TPSA) is 78.9 Å². The molecule has 2 aromatic carbocycles. The number of methoxy groups -OCH3 is 2. The van der Waals surface area contributed by atoms with Crippen LogP contribution in [0.5, 0.6) is 17.2 Å². The maximum atomic E-state index is 12.4. The van der Waals surface area contributed by atoms with Gasteiger partial charge < -0.3 is 13.7 Å². The van der Waals surface area contributed by atoms with Crippen LogP contribution in [0.3, 0.4) is 0 Å². The van der Waals surface area contributed by atoms with Crippen LogP contribution in [0, 0.1) is 0 Å². The molecular weight excluding hydrogens is 320 g/mol. The Bertz CT molecular complexity index is 787. The SMILES string of the molecule is COc1cc(C(C)=O)cc(OC)c1OS(=O)(=O)c1ccccc1. The molecule has 122 valence electrons. The molecule has 0 fully saturated rings. The van der Waals surface area contributed by atoms with E-state index in [2.05, 4.69) is 0 Å². The predicted molar refractivity (Wildman–Crippen MR) is 83.8 cm³/mol. The molecule has 0 saturated carbocycles. The smallest absolute Gasteiger partial charge is 0.339 e. The molecule has 0 unspecified atom stereocenters. The molecule has 0 heterocycles. The first kappa shape index (κ1) is 16.8. The van der Waals surface area contributed by atoms with Crippen molar-refractivity contribution in [2.24, 2.45) is 0 Å². The first-order valence-electron chi connectivity index (χ1n) is 6.65. The summed E-state index contributed by atoms with van der Waals surface area (Å²) in [4.78, 5) is 11.5. The summed E-state index contributed by atoms with van der Waals surface area (Å²) in [6, 6.07) is 10.5. The highest BCUT2D eigenvalue weighted by atomic mass is 32.2. The summed E-state index contributed by atoms with van der Waals surface area (Å²) in [7, 11) is -1.36. The van der Waals surface area contributed by atoms with Gasteiger partial charge in [0, 0.05) is 5.56 Å². The Labute approximate surface area is 134 Å². The lowest BCUT2D eigenvalue weighted by atomic mass is 10.1. The summed E-state index contributed by atoms with van der Waals surface area (Å²) in [5.74, 6) is -0.133. The van der Waals surface area contributed by atoms with E-state index in [1.165, 1.54) is 45.4 Å². The van der Waals surface area contributed by atoms with Crippen molar-refractivity contribution >= 4 is 15.9 Å². The van der Waals surface area contributed by atoms with Gasteiger partial charge in [0.25, 0.3) is 0 Å². The molecule has 0 atom stereocenters. The van der Waals surface area contributed by atoms with E-state index < -0.39 is 10.1 Å². The van der Waals surface area contributed by atoms with Gasteiger partial charge in [-0.1, -0.05) is 18.2 Å². The normalized spacial score (nSPS) is 10.9. The number of Topliss-reactive ketones (excluding diaryl/α,β-unsaturated/α-hetero) is 1. The van der Waals surface area contributed by atoms with Gasteiger partial charge in [0.15, 0.2) is 17.3 Å². The number of hydrogen-bond donors (Lipinski definition) is 0. The zero-order valence-corrected chi connectivity index (χ0v) is 13.7. The lowest BCUT2D eigenvalue weighted by Gasteiger charge is -2.15. The number of hydrogen-bond acceptors (Lipinski definition) is 6. The van der Waals surface area contributed by atoms with E-state index in [9.17, 15) is 13.2 Å². The summed E-state index contributed by atoms with van der Waals surface area (Å²) >= 11 is 0. The molecule has 0 bridgehead atoms. The second-order valence-corrected chi connectivity index (χ2v) is 6.16. The largest absolute Gasteiger partial charge is 0.493 e. The minimum Gasteiger partial charge on any atom is -0.493 e. The third kappa shape index (κ3) is 3.62. The number of benzene rings is 2. The average molecular weight is 336 g/mol. The van der Waals surface area contributed by atoms with Gasteiger partial charge in [-0.15, -0.1) is 0 Å². The number of rotatable bonds is 6. The number of ether oxygens (including phenoxy) is 2. The molecule has 0 aliphatic carbocycles. The zero-order valence-electron chi connectivity index (χ0n) is 12.9. The molecule has 2 aromatic rings. The second kappa shape index (κ2) is 6.70. The Hall–Kier alpha value is -2.54. The second-order valence-electron chi connectivity index (χ2n) is 4.62. The Kier molecular flexibility index (Phi) is 4.90. The van der Waals surface area contributed by atoms with Gasteiger partial charge in [0.05, 0.1) is 14.2 Å². The van der Waals surface area contributed by atoms with Crippen LogP contribution < -0.4 is 13.7 Å². The van der Waals surface area contributed by atoms with Gasteiger partial charge >= 0.3 is 10.1 Å². The Morgan fingerprint density at radius 3 is 1.91 bits per heavy atom. The Morgan fingerprint density at radius 2 is 1.48 bits per heavy atom.